The Morgan fingerprint density at radius 3 is 2.35 bits per heavy atom. The van der Waals surface area contributed by atoms with Crippen molar-refractivity contribution in [3.63, 3.8) is 0 Å². The van der Waals surface area contributed by atoms with Gasteiger partial charge in [-0.2, -0.15) is 0 Å². The molecular formula is C18H23N3OS. The molecular weight excluding hydrogens is 306 g/mol. The molecule has 0 radical (unpaired) electrons. The molecule has 0 spiro atoms. The maximum absolute atomic E-state index is 5.24. The first-order chi connectivity index (χ1) is 11.2. The minimum absolute atomic E-state index is 0.697. The quantitative estimate of drug-likeness (QED) is 0.485. The zero-order valence-corrected chi connectivity index (χ0v) is 14.6. The van der Waals surface area contributed by atoms with Gasteiger partial charge in [-0.15, -0.1) is 11.8 Å². The minimum atomic E-state index is 0.697. The highest BCUT2D eigenvalue weighted by Crippen LogP contribution is 2.14. The van der Waals surface area contributed by atoms with Crippen LogP contribution in [0.15, 0.2) is 58.4 Å². The molecule has 0 heterocycles. The lowest BCUT2D eigenvalue weighted by atomic mass is 10.2. The van der Waals surface area contributed by atoms with Crippen molar-refractivity contribution in [3.8, 4) is 5.75 Å². The average Bonchev–Trinajstić information content (AvgIpc) is 2.62. The summed E-state index contributed by atoms with van der Waals surface area (Å²) in [6, 6.07) is 16.5. The Bertz CT molecular complexity index is 641. The summed E-state index contributed by atoms with van der Waals surface area (Å²) in [5.41, 5.74) is 2.38. The first-order valence-electron chi connectivity index (χ1n) is 7.45. The van der Waals surface area contributed by atoms with Crippen LogP contribution in [0, 0.1) is 0 Å². The third kappa shape index (κ3) is 5.53. The smallest absolute Gasteiger partial charge is 0.191 e. The van der Waals surface area contributed by atoms with Gasteiger partial charge < -0.3 is 15.4 Å². The molecule has 0 unspecified atom stereocenters. The molecule has 2 N–H and O–H groups in total. The average molecular weight is 329 g/mol. The highest BCUT2D eigenvalue weighted by molar-refractivity contribution is 7.98. The molecule has 2 aromatic rings. The van der Waals surface area contributed by atoms with Crippen LogP contribution in [0.25, 0.3) is 0 Å². The van der Waals surface area contributed by atoms with Crippen LogP contribution >= 0.6 is 11.8 Å². The van der Waals surface area contributed by atoms with Crippen LogP contribution in [0.4, 0.5) is 0 Å². The number of nitrogens with one attached hydrogen (secondary N) is 2. The first kappa shape index (κ1) is 17.2. The van der Waals surface area contributed by atoms with Crippen LogP contribution in [0.5, 0.6) is 5.75 Å². The Kier molecular flexibility index (Phi) is 6.81. The Balaban J connectivity index is 1.85. The number of thioether (sulfide) groups is 1. The van der Waals surface area contributed by atoms with E-state index in [1.807, 2.05) is 18.2 Å². The van der Waals surface area contributed by atoms with Crippen LogP contribution in [0.2, 0.25) is 0 Å². The molecule has 0 aliphatic heterocycles. The van der Waals surface area contributed by atoms with Gasteiger partial charge in [0.05, 0.1) is 7.11 Å². The molecule has 0 saturated carbocycles. The SMILES string of the molecule is CN=C(NCc1ccc(SC)cc1)NCc1cccc(OC)c1. The fourth-order valence-electron chi connectivity index (χ4n) is 2.12. The van der Waals surface area contributed by atoms with Gasteiger partial charge >= 0.3 is 0 Å². The number of ether oxygens (including phenoxy) is 1. The van der Waals surface area contributed by atoms with E-state index in [4.69, 9.17) is 4.74 Å². The zero-order chi connectivity index (χ0) is 16.5. The Labute approximate surface area is 142 Å². The normalized spacial score (nSPS) is 11.2. The molecule has 0 saturated heterocycles. The zero-order valence-electron chi connectivity index (χ0n) is 13.8. The third-order valence-corrected chi connectivity index (χ3v) is 4.18. The Hall–Kier alpha value is -2.14. The molecule has 0 aliphatic rings. The van der Waals surface area contributed by atoms with Crippen LogP contribution in [0.3, 0.4) is 0 Å². The van der Waals surface area contributed by atoms with E-state index in [1.165, 1.54) is 10.5 Å². The molecule has 122 valence electrons. The molecule has 0 amide bonds. The van der Waals surface area contributed by atoms with Gasteiger partial charge in [-0.1, -0.05) is 24.3 Å². The predicted molar refractivity (Wildman–Crippen MR) is 98.3 cm³/mol. The summed E-state index contributed by atoms with van der Waals surface area (Å²) in [4.78, 5) is 5.53. The van der Waals surface area contributed by atoms with E-state index in [0.717, 1.165) is 23.8 Å². The van der Waals surface area contributed by atoms with Gasteiger partial charge in [0.1, 0.15) is 5.75 Å². The summed E-state index contributed by atoms with van der Waals surface area (Å²) in [7, 11) is 3.45. The molecule has 0 bridgehead atoms. The van der Waals surface area contributed by atoms with Crippen LogP contribution < -0.4 is 15.4 Å². The van der Waals surface area contributed by atoms with Crippen LogP contribution in [-0.4, -0.2) is 26.4 Å². The number of hydrogen-bond acceptors (Lipinski definition) is 3. The fraction of sp³-hybridized carbons (Fsp3) is 0.278. The van der Waals surface area contributed by atoms with Crippen molar-refractivity contribution in [3.05, 3.63) is 59.7 Å². The van der Waals surface area contributed by atoms with Crippen LogP contribution in [0.1, 0.15) is 11.1 Å². The lowest BCUT2D eigenvalue weighted by Crippen LogP contribution is -2.36. The third-order valence-electron chi connectivity index (χ3n) is 3.44. The summed E-state index contributed by atoms with van der Waals surface area (Å²) >= 11 is 1.75. The van der Waals surface area contributed by atoms with Gasteiger partial charge in [0.15, 0.2) is 5.96 Å². The maximum Gasteiger partial charge on any atom is 0.191 e. The number of methoxy groups -OCH3 is 1. The second-order valence-corrected chi connectivity index (χ2v) is 5.86. The van der Waals surface area contributed by atoms with Crippen LogP contribution in [-0.2, 0) is 13.1 Å². The summed E-state index contributed by atoms with van der Waals surface area (Å²) in [5, 5.41) is 6.63. The van der Waals surface area contributed by atoms with Crippen molar-refractivity contribution in [2.75, 3.05) is 20.4 Å². The van der Waals surface area contributed by atoms with E-state index in [1.54, 1.807) is 25.9 Å². The number of guanidine groups is 1. The maximum atomic E-state index is 5.24. The van der Waals surface area contributed by atoms with E-state index in [9.17, 15) is 0 Å². The van der Waals surface area contributed by atoms with Crippen molar-refractivity contribution in [1.29, 1.82) is 0 Å². The van der Waals surface area contributed by atoms with Gasteiger partial charge in [-0.3, -0.25) is 4.99 Å². The highest BCUT2D eigenvalue weighted by Gasteiger charge is 2.00. The molecule has 5 heteroatoms. The molecule has 0 fully saturated rings. The number of benzene rings is 2. The standard InChI is InChI=1S/C18H23N3OS/c1-19-18(20-12-14-7-9-17(23-3)10-8-14)21-13-15-5-4-6-16(11-15)22-2/h4-11H,12-13H2,1-3H3,(H2,19,20,21). The minimum Gasteiger partial charge on any atom is -0.497 e. The molecule has 2 rings (SSSR count). The first-order valence-corrected chi connectivity index (χ1v) is 8.68. The van der Waals surface area contributed by atoms with E-state index in [-0.39, 0.29) is 0 Å². The lowest BCUT2D eigenvalue weighted by Gasteiger charge is -2.12. The molecule has 0 aromatic heterocycles. The number of aliphatic imine (C=N–C) groups is 1. The number of rotatable bonds is 6. The van der Waals surface area contributed by atoms with Gasteiger partial charge in [0, 0.05) is 25.0 Å². The Morgan fingerprint density at radius 1 is 1.04 bits per heavy atom. The summed E-state index contributed by atoms with van der Waals surface area (Å²) in [6.45, 7) is 1.44. The topological polar surface area (TPSA) is 45.7 Å². The van der Waals surface area contributed by atoms with E-state index in [0.29, 0.717) is 6.54 Å². The van der Waals surface area contributed by atoms with Crippen molar-refractivity contribution >= 4 is 17.7 Å². The second kappa shape index (κ2) is 9.10. The van der Waals surface area contributed by atoms with Gasteiger partial charge in [0.2, 0.25) is 0 Å². The van der Waals surface area contributed by atoms with Crippen molar-refractivity contribution in [2.24, 2.45) is 4.99 Å². The predicted octanol–water partition coefficient (Wildman–Crippen LogP) is 3.28. The summed E-state index contributed by atoms with van der Waals surface area (Å²) < 4.78 is 5.24. The van der Waals surface area contributed by atoms with Gasteiger partial charge in [-0.25, -0.2) is 0 Å². The molecule has 0 atom stereocenters. The lowest BCUT2D eigenvalue weighted by molar-refractivity contribution is 0.414. The summed E-state index contributed by atoms with van der Waals surface area (Å²) in [6.07, 6.45) is 2.08. The largest absolute Gasteiger partial charge is 0.497 e. The number of nitrogens with zero attached hydrogens (tertiary/aromatic N) is 1. The van der Waals surface area contributed by atoms with E-state index >= 15 is 0 Å². The molecule has 2 aromatic carbocycles. The van der Waals surface area contributed by atoms with Gasteiger partial charge in [0.25, 0.3) is 0 Å². The molecule has 0 aliphatic carbocycles. The Morgan fingerprint density at radius 2 is 1.74 bits per heavy atom. The summed E-state index contributed by atoms with van der Waals surface area (Å²) in [5.74, 6) is 1.64. The van der Waals surface area contributed by atoms with Crippen molar-refractivity contribution in [2.45, 2.75) is 18.0 Å². The second-order valence-electron chi connectivity index (χ2n) is 4.98. The molecule has 4 nitrogen and oxygen atoms in total. The van der Waals surface area contributed by atoms with Crippen molar-refractivity contribution < 1.29 is 4.74 Å². The van der Waals surface area contributed by atoms with E-state index in [2.05, 4.69) is 52.2 Å². The van der Waals surface area contributed by atoms with E-state index < -0.39 is 0 Å². The van der Waals surface area contributed by atoms with Crippen molar-refractivity contribution in [1.82, 2.24) is 10.6 Å². The molecule has 23 heavy (non-hydrogen) atoms. The number of hydrogen-bond donors (Lipinski definition) is 2. The van der Waals surface area contributed by atoms with Gasteiger partial charge in [-0.05, 0) is 41.6 Å². The highest BCUT2D eigenvalue weighted by atomic mass is 32.2. The fourth-order valence-corrected chi connectivity index (χ4v) is 2.53. The monoisotopic (exact) mass is 329 g/mol.